The summed E-state index contributed by atoms with van der Waals surface area (Å²) in [7, 11) is 0. The van der Waals surface area contributed by atoms with Crippen LogP contribution in [-0.2, 0) is 9.53 Å². The zero-order valence-electron chi connectivity index (χ0n) is 18.0. The molecule has 2 nitrogen and oxygen atoms in total. The van der Waals surface area contributed by atoms with Crippen molar-refractivity contribution in [3.8, 4) is 0 Å². The van der Waals surface area contributed by atoms with Gasteiger partial charge in [0.1, 0.15) is 5.78 Å². The number of hydrogen-bond acceptors (Lipinski definition) is 2. The summed E-state index contributed by atoms with van der Waals surface area (Å²) in [6.07, 6.45) is 4.72. The van der Waals surface area contributed by atoms with Crippen LogP contribution in [0.4, 0.5) is 13.2 Å². The van der Waals surface area contributed by atoms with Gasteiger partial charge in [0.25, 0.3) is 0 Å². The molecule has 0 saturated heterocycles. The molecule has 4 aliphatic rings. The third-order valence-corrected chi connectivity index (χ3v) is 9.94. The fourth-order valence-electron chi connectivity index (χ4n) is 8.87. The number of hydrogen-bond donors (Lipinski definition) is 0. The molecule has 164 valence electrons. The van der Waals surface area contributed by atoms with E-state index in [1.807, 2.05) is 0 Å². The van der Waals surface area contributed by atoms with E-state index in [0.29, 0.717) is 36.4 Å². The van der Waals surface area contributed by atoms with Crippen molar-refractivity contribution in [2.24, 2.45) is 39.9 Å². The third-order valence-electron chi connectivity index (χ3n) is 9.94. The predicted molar refractivity (Wildman–Crippen MR) is 106 cm³/mol. The van der Waals surface area contributed by atoms with Gasteiger partial charge in [-0.15, -0.1) is 19.8 Å². The zero-order chi connectivity index (χ0) is 21.2. The first-order valence-electron chi connectivity index (χ1n) is 11.3. The molecule has 0 aromatic carbocycles. The van der Waals surface area contributed by atoms with Crippen LogP contribution >= 0.6 is 0 Å². The van der Waals surface area contributed by atoms with Crippen molar-refractivity contribution in [3.63, 3.8) is 0 Å². The molecule has 3 unspecified atom stereocenters. The first-order valence-corrected chi connectivity index (χ1v) is 11.3. The van der Waals surface area contributed by atoms with Crippen LogP contribution in [0.25, 0.3) is 0 Å². The minimum Gasteiger partial charge on any atom is -0.300 e. The second-order valence-corrected chi connectivity index (χ2v) is 10.9. The molecule has 0 spiro atoms. The minimum absolute atomic E-state index is 0.00371. The number of fused-ring (bicyclic) bond motifs is 5. The lowest BCUT2D eigenvalue weighted by Gasteiger charge is -2.66. The summed E-state index contributed by atoms with van der Waals surface area (Å²) in [5.41, 5.74) is -0.227. The number of allylic oxidation sites excluding steroid dienone is 1. The van der Waals surface area contributed by atoms with Crippen molar-refractivity contribution < 1.29 is 22.7 Å². The van der Waals surface area contributed by atoms with Crippen LogP contribution < -0.4 is 0 Å². The van der Waals surface area contributed by atoms with Crippen LogP contribution in [0, 0.1) is 39.9 Å². The van der Waals surface area contributed by atoms with Crippen molar-refractivity contribution in [1.29, 1.82) is 0 Å². The van der Waals surface area contributed by atoms with Gasteiger partial charge in [0.15, 0.2) is 0 Å². The molecule has 0 N–H and O–H groups in total. The maximum atomic E-state index is 12.9. The monoisotopic (exact) mass is 412 g/mol. The Labute approximate surface area is 172 Å². The molecule has 0 bridgehead atoms. The molecular formula is C24H35F3O2. The van der Waals surface area contributed by atoms with Gasteiger partial charge in [-0.2, -0.15) is 0 Å². The van der Waals surface area contributed by atoms with Crippen molar-refractivity contribution in [1.82, 2.24) is 0 Å². The van der Waals surface area contributed by atoms with E-state index in [1.54, 1.807) is 6.92 Å². The number of ketones is 1. The van der Waals surface area contributed by atoms with Gasteiger partial charge in [0.2, 0.25) is 0 Å². The van der Waals surface area contributed by atoms with Gasteiger partial charge in [0.05, 0.1) is 6.10 Å². The molecule has 4 rings (SSSR count). The Morgan fingerprint density at radius 2 is 1.69 bits per heavy atom. The summed E-state index contributed by atoms with van der Waals surface area (Å²) >= 11 is 0. The van der Waals surface area contributed by atoms with Crippen molar-refractivity contribution in [2.75, 3.05) is 0 Å². The lowest BCUT2D eigenvalue weighted by Crippen LogP contribution is -2.60. The first-order chi connectivity index (χ1) is 13.5. The highest BCUT2D eigenvalue weighted by atomic mass is 19.4. The summed E-state index contributed by atoms with van der Waals surface area (Å²) in [5.74, 6) is 1.60. The van der Waals surface area contributed by atoms with Crippen molar-refractivity contribution >= 4 is 5.78 Å². The van der Waals surface area contributed by atoms with E-state index in [-0.39, 0.29) is 22.2 Å². The number of carbonyl (C=O) groups is 1. The fraction of sp³-hybridized carbons (Fsp3) is 0.875. The Hall–Kier alpha value is -0.840. The summed E-state index contributed by atoms with van der Waals surface area (Å²) in [5, 5.41) is 0. The average molecular weight is 413 g/mol. The Kier molecular flexibility index (Phi) is 5.04. The third kappa shape index (κ3) is 3.13. The molecule has 0 heterocycles. The molecule has 0 aromatic rings. The van der Waals surface area contributed by atoms with Crippen LogP contribution in [-0.4, -0.2) is 18.2 Å². The Morgan fingerprint density at radius 3 is 2.31 bits per heavy atom. The van der Waals surface area contributed by atoms with Gasteiger partial charge in [-0.3, -0.25) is 9.53 Å². The number of ether oxygens (including phenoxy) is 1. The van der Waals surface area contributed by atoms with Crippen molar-refractivity contribution in [3.05, 3.63) is 12.7 Å². The normalized spacial score (nSPS) is 49.7. The van der Waals surface area contributed by atoms with Crippen molar-refractivity contribution in [2.45, 2.75) is 91.0 Å². The zero-order valence-corrected chi connectivity index (χ0v) is 18.0. The van der Waals surface area contributed by atoms with E-state index in [0.717, 1.165) is 44.9 Å². The standard InChI is InChI=1S/C24H35F3O2/c1-5-23-13-10-16-6-7-17(29-24(25,26)27)14-22(16,4)20(23)11-12-21(3)18(15(2)28)8-9-19(21)23/h5,16-20H,1,6-14H2,2-4H3/t16?,17-,18-,19?,20?,21-,22+,23+/m1/s1. The fourth-order valence-corrected chi connectivity index (χ4v) is 8.87. The topological polar surface area (TPSA) is 26.3 Å². The van der Waals surface area contributed by atoms with E-state index in [1.165, 1.54) is 0 Å². The van der Waals surface area contributed by atoms with Gasteiger partial charge in [0, 0.05) is 5.92 Å². The molecule has 0 aliphatic heterocycles. The van der Waals surface area contributed by atoms with E-state index in [2.05, 4.69) is 31.2 Å². The molecule has 4 saturated carbocycles. The summed E-state index contributed by atoms with van der Waals surface area (Å²) in [6.45, 7) is 10.5. The lowest BCUT2D eigenvalue weighted by molar-refractivity contribution is -0.351. The average Bonchev–Trinajstić information content (AvgIpc) is 2.97. The van der Waals surface area contributed by atoms with E-state index in [4.69, 9.17) is 0 Å². The minimum atomic E-state index is -4.57. The van der Waals surface area contributed by atoms with Crippen LogP contribution in [0.15, 0.2) is 12.7 Å². The molecule has 29 heavy (non-hydrogen) atoms. The summed E-state index contributed by atoms with van der Waals surface area (Å²) < 4.78 is 43.3. The maximum absolute atomic E-state index is 12.9. The van der Waals surface area contributed by atoms with Crippen LogP contribution in [0.3, 0.4) is 0 Å². The lowest BCUT2D eigenvalue weighted by atomic mass is 9.39. The Balaban J connectivity index is 1.67. The van der Waals surface area contributed by atoms with Crippen LogP contribution in [0.2, 0.25) is 0 Å². The molecule has 4 aliphatic carbocycles. The molecular weight excluding hydrogens is 377 g/mol. The van der Waals surface area contributed by atoms with Crippen LogP contribution in [0.5, 0.6) is 0 Å². The Morgan fingerprint density at radius 1 is 1.00 bits per heavy atom. The Bertz CT molecular complexity index is 688. The number of halogens is 3. The van der Waals surface area contributed by atoms with E-state index < -0.39 is 12.5 Å². The quantitative estimate of drug-likeness (QED) is 0.482. The number of alkyl halides is 3. The summed E-state index contributed by atoms with van der Waals surface area (Å²) in [4.78, 5) is 12.4. The predicted octanol–water partition coefficient (Wildman–Crippen LogP) is 6.70. The summed E-state index contributed by atoms with van der Waals surface area (Å²) in [6, 6.07) is 0. The van der Waals surface area contributed by atoms with Gasteiger partial charge in [-0.1, -0.05) is 19.9 Å². The van der Waals surface area contributed by atoms with Gasteiger partial charge in [-0.25, -0.2) is 0 Å². The van der Waals surface area contributed by atoms with Crippen LogP contribution in [0.1, 0.15) is 78.6 Å². The number of carbonyl (C=O) groups excluding carboxylic acids is 1. The number of rotatable bonds is 3. The van der Waals surface area contributed by atoms with Gasteiger partial charge < -0.3 is 0 Å². The first kappa shape index (κ1) is 21.4. The largest absolute Gasteiger partial charge is 0.522 e. The molecule has 0 radical (unpaired) electrons. The highest BCUT2D eigenvalue weighted by Gasteiger charge is 2.66. The molecule has 0 aromatic heterocycles. The highest BCUT2D eigenvalue weighted by molar-refractivity contribution is 5.79. The SMILES string of the molecule is C=C[C@@]12CCC3CC[C@@H](OC(F)(F)F)C[C@]3(C)C1CC[C@@]1(C)C2CC[C@@H]1C(C)=O. The maximum Gasteiger partial charge on any atom is 0.522 e. The second-order valence-electron chi connectivity index (χ2n) is 10.9. The molecule has 5 heteroatoms. The molecule has 0 amide bonds. The number of Topliss-reactive ketones (excluding diaryl/α,β-unsaturated/α-hetero) is 1. The van der Waals surface area contributed by atoms with Gasteiger partial charge >= 0.3 is 6.36 Å². The smallest absolute Gasteiger partial charge is 0.300 e. The highest BCUT2D eigenvalue weighted by Crippen LogP contribution is 2.73. The van der Waals surface area contributed by atoms with Gasteiger partial charge in [-0.05, 0) is 98.7 Å². The molecule has 8 atom stereocenters. The van der Waals surface area contributed by atoms with E-state index >= 15 is 0 Å². The molecule has 4 fully saturated rings. The van der Waals surface area contributed by atoms with E-state index in [9.17, 15) is 18.0 Å². The second kappa shape index (κ2) is 6.83.